The number of carbonyl (C=O) groups excluding carboxylic acids is 1. The molecule has 2 heterocycles. The molecule has 0 spiro atoms. The summed E-state index contributed by atoms with van der Waals surface area (Å²) in [5.74, 6) is -0.215. The largest absolute Gasteiger partial charge is 0.394 e. The summed E-state index contributed by atoms with van der Waals surface area (Å²) in [5.41, 5.74) is 0. The smallest absolute Gasteiger partial charge is 0.220 e. The summed E-state index contributed by atoms with van der Waals surface area (Å²) in [6.07, 6.45) is 55.9. The van der Waals surface area contributed by atoms with Gasteiger partial charge in [-0.3, -0.25) is 4.79 Å². The topological polar surface area (TPSA) is 228 Å². The second kappa shape index (κ2) is 57.1. The van der Waals surface area contributed by atoms with Crippen molar-refractivity contribution in [2.75, 3.05) is 19.8 Å². The van der Waals surface area contributed by atoms with E-state index in [2.05, 4.69) is 55.6 Å². The van der Waals surface area contributed by atoms with Crippen LogP contribution in [-0.2, 0) is 23.7 Å². The molecule has 86 heavy (non-hydrogen) atoms. The lowest BCUT2D eigenvalue weighted by Gasteiger charge is -2.46. The van der Waals surface area contributed by atoms with Gasteiger partial charge in [-0.05, 0) is 51.4 Å². The highest BCUT2D eigenvalue weighted by Gasteiger charge is 2.51. The Morgan fingerprint density at radius 1 is 0.419 bits per heavy atom. The predicted molar refractivity (Wildman–Crippen MR) is 351 cm³/mol. The molecule has 0 radical (unpaired) electrons. The molecule has 0 aliphatic carbocycles. The highest BCUT2D eigenvalue weighted by atomic mass is 16.7. The van der Waals surface area contributed by atoms with Crippen molar-refractivity contribution in [2.45, 2.75) is 396 Å². The average molecular weight is 1220 g/mol. The summed E-state index contributed by atoms with van der Waals surface area (Å²) >= 11 is 0. The van der Waals surface area contributed by atoms with Crippen LogP contribution in [0, 0.1) is 0 Å². The number of nitrogens with one attached hydrogen (secondary N) is 1. The zero-order valence-corrected chi connectivity index (χ0v) is 55.1. The normalized spacial score (nSPS) is 23.6. The molecule has 0 bridgehead atoms. The quantitative estimate of drug-likeness (QED) is 0.0204. The highest BCUT2D eigenvalue weighted by Crippen LogP contribution is 2.30. The van der Waals surface area contributed by atoms with E-state index in [4.69, 9.17) is 18.9 Å². The van der Waals surface area contributed by atoms with Crippen molar-refractivity contribution in [3.8, 4) is 0 Å². The van der Waals surface area contributed by atoms with Crippen LogP contribution in [-0.4, -0.2) is 140 Å². The first-order valence-corrected chi connectivity index (χ1v) is 36.2. The molecule has 12 atom stereocenters. The number of allylic oxidation sites excluding steroid dienone is 6. The van der Waals surface area contributed by atoms with Crippen molar-refractivity contribution in [3.05, 3.63) is 36.5 Å². The molecule has 2 rings (SSSR count). The minimum atomic E-state index is -1.79. The first kappa shape index (κ1) is 80.3. The molecule has 1 amide bonds. The lowest BCUT2D eigenvalue weighted by molar-refractivity contribution is -0.359. The Bertz CT molecular complexity index is 1580. The zero-order valence-electron chi connectivity index (χ0n) is 55.1. The van der Waals surface area contributed by atoms with Gasteiger partial charge in [0.05, 0.1) is 32.0 Å². The molecule has 0 aromatic heterocycles. The maximum atomic E-state index is 13.3. The van der Waals surface area contributed by atoms with E-state index < -0.39 is 86.8 Å². The van der Waals surface area contributed by atoms with Crippen molar-refractivity contribution in [1.82, 2.24) is 5.32 Å². The first-order chi connectivity index (χ1) is 42.1. The Hall–Kier alpha value is -1.79. The van der Waals surface area contributed by atoms with Gasteiger partial charge >= 0.3 is 0 Å². The molecule has 0 aromatic carbocycles. The van der Waals surface area contributed by atoms with E-state index in [-0.39, 0.29) is 12.5 Å². The van der Waals surface area contributed by atoms with Gasteiger partial charge in [-0.25, -0.2) is 0 Å². The van der Waals surface area contributed by atoms with Crippen LogP contribution < -0.4 is 5.32 Å². The Balaban J connectivity index is 1.65. The number of carbonyl (C=O) groups is 1. The van der Waals surface area contributed by atoms with Crippen LogP contribution in [0.15, 0.2) is 36.5 Å². The van der Waals surface area contributed by atoms with Crippen LogP contribution in [0.1, 0.15) is 322 Å². The third-order valence-corrected chi connectivity index (χ3v) is 17.9. The molecule has 9 N–H and O–H groups in total. The monoisotopic (exact) mass is 1220 g/mol. The Morgan fingerprint density at radius 3 is 1.17 bits per heavy atom. The third-order valence-electron chi connectivity index (χ3n) is 17.9. The fourth-order valence-electron chi connectivity index (χ4n) is 12.1. The number of hydrogen-bond acceptors (Lipinski definition) is 13. The van der Waals surface area contributed by atoms with E-state index in [0.717, 1.165) is 77.0 Å². The lowest BCUT2D eigenvalue weighted by Crippen LogP contribution is -2.65. The summed E-state index contributed by atoms with van der Waals surface area (Å²) in [6.45, 7) is 2.89. The van der Waals surface area contributed by atoms with Crippen molar-refractivity contribution < 1.29 is 64.6 Å². The van der Waals surface area contributed by atoms with E-state index in [1.165, 1.54) is 212 Å². The van der Waals surface area contributed by atoms with Crippen LogP contribution in [0.5, 0.6) is 0 Å². The van der Waals surface area contributed by atoms with E-state index in [0.29, 0.717) is 19.3 Å². The first-order valence-electron chi connectivity index (χ1n) is 36.2. The minimum Gasteiger partial charge on any atom is -0.394 e. The van der Waals surface area contributed by atoms with Crippen LogP contribution in [0.25, 0.3) is 0 Å². The fraction of sp³-hybridized carbons (Fsp3) is 0.903. The summed E-state index contributed by atoms with van der Waals surface area (Å²) in [7, 11) is 0. The van der Waals surface area contributed by atoms with Gasteiger partial charge in [0.1, 0.15) is 48.8 Å². The summed E-state index contributed by atoms with van der Waals surface area (Å²) < 4.78 is 22.9. The minimum absolute atomic E-state index is 0.215. The van der Waals surface area contributed by atoms with Crippen molar-refractivity contribution in [1.29, 1.82) is 0 Å². The number of unbranched alkanes of at least 4 members (excludes halogenated alkanes) is 41. The van der Waals surface area contributed by atoms with E-state index >= 15 is 0 Å². The molecular weight excluding hydrogens is 1090 g/mol. The SMILES string of the molecule is CCCCCCC/C=C\C/C=C\C/C=C\CCCCCCCCC(=O)NC(COC1OC(CO)C(OC2OC(CO)C(O)C(O)C2O)C(O)C1O)C(O)CCCCCCCCCCCCCCCCCCCCCCCCCCCCCCCCC. The molecule has 506 valence electrons. The molecule has 0 saturated carbocycles. The third kappa shape index (κ3) is 40.8. The van der Waals surface area contributed by atoms with Crippen molar-refractivity contribution in [3.63, 3.8) is 0 Å². The van der Waals surface area contributed by atoms with E-state index in [1.807, 2.05) is 0 Å². The number of rotatable bonds is 60. The molecule has 14 nitrogen and oxygen atoms in total. The van der Waals surface area contributed by atoms with Gasteiger partial charge in [0, 0.05) is 6.42 Å². The van der Waals surface area contributed by atoms with Gasteiger partial charge in [-0.2, -0.15) is 0 Å². The second-order valence-electron chi connectivity index (χ2n) is 25.7. The highest BCUT2D eigenvalue weighted by molar-refractivity contribution is 5.76. The van der Waals surface area contributed by atoms with Crippen LogP contribution in [0.2, 0.25) is 0 Å². The lowest BCUT2D eigenvalue weighted by atomic mass is 9.97. The van der Waals surface area contributed by atoms with Crippen molar-refractivity contribution >= 4 is 5.91 Å². The second-order valence-corrected chi connectivity index (χ2v) is 25.7. The van der Waals surface area contributed by atoms with Gasteiger partial charge in [0.2, 0.25) is 5.91 Å². The Morgan fingerprint density at radius 2 is 0.767 bits per heavy atom. The molecule has 2 fully saturated rings. The van der Waals surface area contributed by atoms with Gasteiger partial charge in [0.15, 0.2) is 12.6 Å². The van der Waals surface area contributed by atoms with Crippen molar-refractivity contribution in [2.24, 2.45) is 0 Å². The van der Waals surface area contributed by atoms with Crippen LogP contribution in [0.4, 0.5) is 0 Å². The maximum absolute atomic E-state index is 13.3. The molecule has 14 heteroatoms. The summed E-state index contributed by atoms with van der Waals surface area (Å²) in [6, 6.07) is -0.838. The van der Waals surface area contributed by atoms with E-state index in [9.17, 15) is 45.6 Å². The van der Waals surface area contributed by atoms with Gasteiger partial charge in [-0.15, -0.1) is 0 Å². The molecule has 2 saturated heterocycles. The van der Waals surface area contributed by atoms with E-state index in [1.54, 1.807) is 0 Å². The number of aliphatic hydroxyl groups excluding tert-OH is 8. The van der Waals surface area contributed by atoms with Crippen LogP contribution in [0.3, 0.4) is 0 Å². The number of amides is 1. The number of aliphatic hydroxyl groups is 8. The van der Waals surface area contributed by atoms with Crippen LogP contribution >= 0.6 is 0 Å². The molecule has 0 aromatic rings. The zero-order chi connectivity index (χ0) is 62.3. The summed E-state index contributed by atoms with van der Waals surface area (Å²) in [4.78, 5) is 13.3. The molecule has 12 unspecified atom stereocenters. The molecule has 2 aliphatic rings. The average Bonchev–Trinajstić information content (AvgIpc) is 2.54. The summed E-state index contributed by atoms with van der Waals surface area (Å²) in [5, 5.41) is 87.6. The predicted octanol–water partition coefficient (Wildman–Crippen LogP) is 14.9. The van der Waals surface area contributed by atoms with Gasteiger partial charge in [-0.1, -0.05) is 301 Å². The number of ether oxygens (including phenoxy) is 4. The standard InChI is InChI=1S/C72H135NO13/c1-3-5-7-9-11-13-15-17-19-21-23-25-26-27-28-29-30-31-32-33-34-36-37-39-41-43-45-47-49-51-53-55-61(76)60(59-83-71-69(82)67(80)70(63(58-75)85-71)86-72-68(81)66(79)65(78)62(57-74)84-72)73-64(77)56-54-52-50-48-46-44-42-40-38-35-24-22-20-18-16-14-12-10-8-6-4-2/h16,18,22,24,38,40,60-63,65-72,74-76,78-82H,3-15,17,19-21,23,25-37,39,41-59H2,1-2H3,(H,73,77)/b18-16-,24-22-,40-38-. The van der Waals surface area contributed by atoms with Gasteiger partial charge < -0.3 is 65.1 Å². The maximum Gasteiger partial charge on any atom is 0.220 e. The molecule has 2 aliphatic heterocycles. The Kier molecular flexibility index (Phi) is 53.4. The number of hydrogen-bond donors (Lipinski definition) is 9. The fourth-order valence-corrected chi connectivity index (χ4v) is 12.1. The van der Waals surface area contributed by atoms with Gasteiger partial charge in [0.25, 0.3) is 0 Å². The Labute approximate surface area is 525 Å². The molecular formula is C72H135NO13.